The van der Waals surface area contributed by atoms with Gasteiger partial charge in [-0.05, 0) is 103 Å². The number of allylic oxidation sites excluding steroid dienone is 2. The quantitative estimate of drug-likeness (QED) is 0.174. The average molecular weight is 794 g/mol. The van der Waals surface area contributed by atoms with Crippen LogP contribution in [0.1, 0.15) is 11.5 Å². The first kappa shape index (κ1) is 34.7. The van der Waals surface area contributed by atoms with Gasteiger partial charge in [-0.3, -0.25) is 0 Å². The predicted octanol–water partition coefficient (Wildman–Crippen LogP) is 14.5. The summed E-state index contributed by atoms with van der Waals surface area (Å²) >= 11 is 0. The zero-order chi connectivity index (χ0) is 40.7. The molecule has 2 atom stereocenters. The molecule has 9 aromatic carbocycles. The van der Waals surface area contributed by atoms with Crippen molar-refractivity contribution in [2.45, 2.75) is 12.0 Å². The maximum Gasteiger partial charge on any atom is 0.167 e. The SMILES string of the molecule is C1=CC2Oc3cc(-c4ccc5ccccc5c4)cc(-c4ccc(-c5nc(-c6ccc7ccccc7c6)nc(-c6cccc7c6oc6ccccc67)n5)c5ccccc45)c3C2C=C1. The van der Waals surface area contributed by atoms with E-state index in [4.69, 9.17) is 24.1 Å². The second kappa shape index (κ2) is 13.7. The lowest BCUT2D eigenvalue weighted by Gasteiger charge is -2.19. The Labute approximate surface area is 356 Å². The lowest BCUT2D eigenvalue weighted by atomic mass is 9.83. The van der Waals surface area contributed by atoms with Gasteiger partial charge in [0.25, 0.3) is 0 Å². The molecule has 5 nitrogen and oxygen atoms in total. The van der Waals surface area contributed by atoms with Crippen molar-refractivity contribution in [3.63, 3.8) is 0 Å². The van der Waals surface area contributed by atoms with Crippen LogP contribution in [0.15, 0.2) is 205 Å². The Balaban J connectivity index is 1.03. The van der Waals surface area contributed by atoms with Crippen molar-refractivity contribution in [3.8, 4) is 62.2 Å². The zero-order valence-corrected chi connectivity index (χ0v) is 33.4. The van der Waals surface area contributed by atoms with Crippen molar-refractivity contribution in [2.75, 3.05) is 0 Å². The lowest BCUT2D eigenvalue weighted by molar-refractivity contribution is 0.269. The smallest absolute Gasteiger partial charge is 0.167 e. The molecular weight excluding hydrogens is 759 g/mol. The first-order valence-electron chi connectivity index (χ1n) is 21.1. The van der Waals surface area contributed by atoms with Gasteiger partial charge in [-0.25, -0.2) is 15.0 Å². The molecule has 0 saturated heterocycles. The van der Waals surface area contributed by atoms with E-state index in [2.05, 4.69) is 176 Å². The molecule has 2 aromatic heterocycles. The molecule has 0 spiro atoms. The number of furan rings is 1. The van der Waals surface area contributed by atoms with Gasteiger partial charge >= 0.3 is 0 Å². The van der Waals surface area contributed by atoms with Gasteiger partial charge in [0, 0.05) is 33.4 Å². The highest BCUT2D eigenvalue weighted by Crippen LogP contribution is 2.50. The van der Waals surface area contributed by atoms with Gasteiger partial charge < -0.3 is 9.15 Å². The first-order valence-corrected chi connectivity index (χ1v) is 21.1. The number of hydrogen-bond donors (Lipinski definition) is 0. The number of benzene rings is 9. The maximum absolute atomic E-state index is 6.74. The van der Waals surface area contributed by atoms with Crippen molar-refractivity contribution in [3.05, 3.63) is 206 Å². The number of ether oxygens (including phenoxy) is 1. The van der Waals surface area contributed by atoms with Gasteiger partial charge in [0.05, 0.1) is 5.56 Å². The van der Waals surface area contributed by atoms with Crippen LogP contribution in [0.2, 0.25) is 0 Å². The summed E-state index contributed by atoms with van der Waals surface area (Å²) in [4.78, 5) is 15.8. The van der Waals surface area contributed by atoms with Crippen LogP contribution in [-0.4, -0.2) is 21.1 Å². The average Bonchev–Trinajstić information content (AvgIpc) is 3.92. The largest absolute Gasteiger partial charge is 0.485 e. The van der Waals surface area contributed by atoms with E-state index in [1.54, 1.807) is 0 Å². The molecule has 290 valence electrons. The van der Waals surface area contributed by atoms with Gasteiger partial charge in [-0.15, -0.1) is 0 Å². The second-order valence-electron chi connectivity index (χ2n) is 16.2. The van der Waals surface area contributed by atoms with Crippen LogP contribution in [0, 0.1) is 0 Å². The Morgan fingerprint density at radius 2 is 1.00 bits per heavy atom. The normalized spacial score (nSPS) is 15.4. The molecule has 1 aliphatic carbocycles. The molecule has 0 bridgehead atoms. The fourth-order valence-corrected chi connectivity index (χ4v) is 9.66. The number of para-hydroxylation sites is 2. The summed E-state index contributed by atoms with van der Waals surface area (Å²) in [6.07, 6.45) is 8.61. The molecule has 2 unspecified atom stereocenters. The van der Waals surface area contributed by atoms with E-state index in [1.165, 1.54) is 16.3 Å². The highest BCUT2D eigenvalue weighted by Gasteiger charge is 2.35. The molecule has 1 aliphatic heterocycles. The molecule has 3 heterocycles. The van der Waals surface area contributed by atoms with Crippen molar-refractivity contribution < 1.29 is 9.15 Å². The highest BCUT2D eigenvalue weighted by molar-refractivity contribution is 6.10. The third-order valence-corrected chi connectivity index (χ3v) is 12.6. The third-order valence-electron chi connectivity index (χ3n) is 12.6. The molecule has 0 radical (unpaired) electrons. The second-order valence-corrected chi connectivity index (χ2v) is 16.2. The Morgan fingerprint density at radius 1 is 0.387 bits per heavy atom. The van der Waals surface area contributed by atoms with E-state index < -0.39 is 0 Å². The summed E-state index contributed by atoms with van der Waals surface area (Å²) < 4.78 is 13.3. The van der Waals surface area contributed by atoms with Crippen LogP contribution in [0.4, 0.5) is 0 Å². The van der Waals surface area contributed by atoms with E-state index in [0.717, 1.165) is 88.2 Å². The van der Waals surface area contributed by atoms with E-state index >= 15 is 0 Å². The molecule has 2 aliphatic rings. The Hall–Kier alpha value is -8.15. The molecule has 0 amide bonds. The minimum absolute atomic E-state index is 0.0560. The molecule has 11 aromatic rings. The number of hydrogen-bond acceptors (Lipinski definition) is 5. The van der Waals surface area contributed by atoms with E-state index in [1.807, 2.05) is 24.3 Å². The molecular formula is C57H35N3O2. The Bertz CT molecular complexity index is 3710. The van der Waals surface area contributed by atoms with Crippen LogP contribution in [0.3, 0.4) is 0 Å². The van der Waals surface area contributed by atoms with Gasteiger partial charge in [0.15, 0.2) is 17.5 Å². The first-order chi connectivity index (χ1) is 30.7. The topological polar surface area (TPSA) is 61.0 Å². The fourth-order valence-electron chi connectivity index (χ4n) is 9.66. The summed E-state index contributed by atoms with van der Waals surface area (Å²) in [5.41, 5.74) is 9.99. The van der Waals surface area contributed by atoms with Crippen molar-refractivity contribution in [1.82, 2.24) is 15.0 Å². The molecule has 0 fully saturated rings. The minimum atomic E-state index is -0.0560. The number of aromatic nitrogens is 3. The van der Waals surface area contributed by atoms with Crippen molar-refractivity contribution >= 4 is 54.3 Å². The molecule has 5 heteroatoms. The summed E-state index contributed by atoms with van der Waals surface area (Å²) in [6.45, 7) is 0. The summed E-state index contributed by atoms with van der Waals surface area (Å²) in [7, 11) is 0. The number of rotatable bonds is 5. The van der Waals surface area contributed by atoms with E-state index in [0.29, 0.717) is 17.5 Å². The number of nitrogens with zero attached hydrogens (tertiary/aromatic N) is 3. The number of fused-ring (bicyclic) bond motifs is 9. The van der Waals surface area contributed by atoms with Gasteiger partial charge in [0.2, 0.25) is 0 Å². The van der Waals surface area contributed by atoms with Crippen LogP contribution >= 0.6 is 0 Å². The molecule has 0 N–H and O–H groups in total. The Morgan fingerprint density at radius 3 is 1.81 bits per heavy atom. The predicted molar refractivity (Wildman–Crippen MR) is 252 cm³/mol. The highest BCUT2D eigenvalue weighted by atomic mass is 16.5. The molecule has 62 heavy (non-hydrogen) atoms. The van der Waals surface area contributed by atoms with E-state index in [-0.39, 0.29) is 12.0 Å². The fraction of sp³-hybridized carbons (Fsp3) is 0.0351. The maximum atomic E-state index is 6.74. The third kappa shape index (κ3) is 5.52. The molecule has 0 saturated carbocycles. The Kier molecular flexibility index (Phi) is 7.66. The van der Waals surface area contributed by atoms with Crippen LogP contribution in [-0.2, 0) is 0 Å². The minimum Gasteiger partial charge on any atom is -0.485 e. The van der Waals surface area contributed by atoms with Gasteiger partial charge in [-0.2, -0.15) is 0 Å². The summed E-state index contributed by atoms with van der Waals surface area (Å²) in [5.74, 6) is 2.76. The zero-order valence-electron chi connectivity index (χ0n) is 33.4. The van der Waals surface area contributed by atoms with E-state index in [9.17, 15) is 0 Å². The summed E-state index contributed by atoms with van der Waals surface area (Å²) in [5, 5.41) is 8.94. The van der Waals surface area contributed by atoms with Gasteiger partial charge in [-0.1, -0.05) is 152 Å². The summed E-state index contributed by atoms with van der Waals surface area (Å²) in [6, 6.07) is 62.0. The lowest BCUT2D eigenvalue weighted by Crippen LogP contribution is -2.15. The van der Waals surface area contributed by atoms with Crippen molar-refractivity contribution in [2.24, 2.45) is 0 Å². The monoisotopic (exact) mass is 793 g/mol. The molecule has 13 rings (SSSR count). The van der Waals surface area contributed by atoms with Crippen LogP contribution < -0.4 is 4.74 Å². The van der Waals surface area contributed by atoms with Crippen molar-refractivity contribution in [1.29, 1.82) is 0 Å². The van der Waals surface area contributed by atoms with Crippen LogP contribution in [0.25, 0.3) is 111 Å². The van der Waals surface area contributed by atoms with Gasteiger partial charge in [0.1, 0.15) is 23.0 Å². The standard InChI is InChI=1S/C57H35N3O2/c1-3-14-36-30-38(26-24-34(36)12-1)40-32-49(53-47-19-8-10-23-51(47)61-52(53)33-40)43-28-29-46(42-17-6-5-16-41(42)43)56-58-55(39-27-25-35-13-2-4-15-37(35)31-39)59-57(60-56)48-21-11-20-45-44-18-7-9-22-50(44)62-54(45)48/h1-33,47,51H. The van der Waals surface area contributed by atoms with Crippen LogP contribution in [0.5, 0.6) is 5.75 Å².